The minimum Gasteiger partial charge on any atom is -0.480 e. The molecule has 8 nitrogen and oxygen atoms in total. The maximum absolute atomic E-state index is 13.5. The van der Waals surface area contributed by atoms with Crippen LogP contribution in [0.4, 0.5) is 0 Å². The van der Waals surface area contributed by atoms with E-state index in [0.29, 0.717) is 80.8 Å². The first-order valence-corrected chi connectivity index (χ1v) is 16.4. The molecule has 46 heavy (non-hydrogen) atoms. The van der Waals surface area contributed by atoms with Gasteiger partial charge in [-0.2, -0.15) is 0 Å². The number of aryl methyl sites for hydroxylation is 1. The summed E-state index contributed by atoms with van der Waals surface area (Å²) >= 11 is 14.0. The molecule has 1 atom stereocenters. The SMILES string of the molecule is COc1nc(-c2cccc(-c3cccc(CC(=O)c4cc(C)c5c(n4)CC(CCO)CC5)c3Cl)c2Cl)cnc1CN1CC(C)(O)C1. The molecule has 1 aliphatic heterocycles. The second kappa shape index (κ2) is 13.4. The molecule has 4 aromatic rings. The number of aliphatic hydroxyl groups excluding tert-OH is 1. The number of hydrogen-bond acceptors (Lipinski definition) is 8. The Kier molecular flexibility index (Phi) is 9.46. The number of carbonyl (C=O) groups is 1. The molecule has 2 aromatic heterocycles. The van der Waals surface area contributed by atoms with E-state index >= 15 is 0 Å². The fourth-order valence-corrected chi connectivity index (χ4v) is 7.36. The van der Waals surface area contributed by atoms with Crippen LogP contribution in [0.25, 0.3) is 22.4 Å². The van der Waals surface area contributed by atoms with Gasteiger partial charge in [0.05, 0.1) is 34.6 Å². The van der Waals surface area contributed by atoms with Crippen LogP contribution in [0, 0.1) is 12.8 Å². The highest BCUT2D eigenvalue weighted by Gasteiger charge is 2.37. The number of β-amino-alcohol motifs (C(OH)–C–C–N with tert-alkyl or cyclic N) is 1. The summed E-state index contributed by atoms with van der Waals surface area (Å²) in [6.45, 7) is 5.66. The van der Waals surface area contributed by atoms with Crippen molar-refractivity contribution in [3.8, 4) is 28.3 Å². The fraction of sp³-hybridized carbons (Fsp3) is 0.389. The maximum atomic E-state index is 13.5. The Labute approximate surface area is 279 Å². The van der Waals surface area contributed by atoms with Gasteiger partial charge in [-0.15, -0.1) is 0 Å². The van der Waals surface area contributed by atoms with Gasteiger partial charge in [0.1, 0.15) is 11.4 Å². The second-order valence-electron chi connectivity index (χ2n) is 12.8. The summed E-state index contributed by atoms with van der Waals surface area (Å²) in [5.74, 6) is 0.688. The van der Waals surface area contributed by atoms with E-state index in [4.69, 9.17) is 37.9 Å². The zero-order valence-electron chi connectivity index (χ0n) is 26.3. The minimum absolute atomic E-state index is 0.0987. The van der Waals surface area contributed by atoms with E-state index in [1.807, 2.05) is 56.3 Å². The number of halogens is 2. The van der Waals surface area contributed by atoms with Gasteiger partial charge >= 0.3 is 0 Å². The number of hydrogen-bond donors (Lipinski definition) is 2. The normalized spacial score (nSPS) is 17.3. The predicted octanol–water partition coefficient (Wildman–Crippen LogP) is 6.31. The van der Waals surface area contributed by atoms with Crippen molar-refractivity contribution in [3.05, 3.63) is 92.5 Å². The van der Waals surface area contributed by atoms with E-state index in [2.05, 4.69) is 9.88 Å². The Bertz CT molecular complexity index is 1790. The highest BCUT2D eigenvalue weighted by Crippen LogP contribution is 2.40. The van der Waals surface area contributed by atoms with Crippen LogP contribution in [-0.2, 0) is 25.8 Å². The van der Waals surface area contributed by atoms with Crippen molar-refractivity contribution < 1.29 is 19.7 Å². The first-order chi connectivity index (χ1) is 22.1. The lowest BCUT2D eigenvalue weighted by molar-refractivity contribution is -0.0878. The van der Waals surface area contributed by atoms with Gasteiger partial charge in [-0.3, -0.25) is 14.7 Å². The van der Waals surface area contributed by atoms with Gasteiger partial charge in [-0.25, -0.2) is 9.97 Å². The third-order valence-electron chi connectivity index (χ3n) is 9.04. The molecule has 2 aliphatic rings. The third kappa shape index (κ3) is 6.68. The lowest BCUT2D eigenvalue weighted by atomic mass is 9.83. The lowest BCUT2D eigenvalue weighted by Crippen LogP contribution is -2.59. The van der Waals surface area contributed by atoms with Crippen LogP contribution in [0.1, 0.15) is 58.3 Å². The number of methoxy groups -OCH3 is 1. The number of pyridine rings is 1. The predicted molar refractivity (Wildman–Crippen MR) is 180 cm³/mol. The molecule has 0 amide bonds. The van der Waals surface area contributed by atoms with E-state index in [9.17, 15) is 15.0 Å². The third-order valence-corrected chi connectivity index (χ3v) is 9.90. The second-order valence-corrected chi connectivity index (χ2v) is 13.5. The molecule has 6 rings (SSSR count). The minimum atomic E-state index is -0.678. The van der Waals surface area contributed by atoms with Crippen molar-refractivity contribution in [2.75, 3.05) is 26.8 Å². The van der Waals surface area contributed by atoms with Gasteiger partial charge in [-0.1, -0.05) is 59.6 Å². The van der Waals surface area contributed by atoms with Gasteiger partial charge in [-0.05, 0) is 68.2 Å². The molecule has 0 spiro atoms. The molecule has 10 heteroatoms. The van der Waals surface area contributed by atoms with Crippen molar-refractivity contribution in [2.24, 2.45) is 5.92 Å². The first kappa shape index (κ1) is 32.5. The van der Waals surface area contributed by atoms with Gasteiger partial charge in [0.15, 0.2) is 5.78 Å². The molecule has 0 radical (unpaired) electrons. The monoisotopic (exact) mass is 660 g/mol. The van der Waals surface area contributed by atoms with Crippen LogP contribution < -0.4 is 4.74 Å². The summed E-state index contributed by atoms with van der Waals surface area (Å²) in [5.41, 5.74) is 7.07. The largest absolute Gasteiger partial charge is 0.480 e. The lowest BCUT2D eigenvalue weighted by Gasteiger charge is -2.44. The summed E-state index contributed by atoms with van der Waals surface area (Å²) in [5, 5.41) is 20.4. The van der Waals surface area contributed by atoms with Crippen LogP contribution in [0.2, 0.25) is 10.0 Å². The molecule has 0 bridgehead atoms. The summed E-state index contributed by atoms with van der Waals surface area (Å²) in [6.07, 6.45) is 5.27. The van der Waals surface area contributed by atoms with Crippen molar-refractivity contribution in [1.29, 1.82) is 0 Å². The van der Waals surface area contributed by atoms with Gasteiger partial charge in [0, 0.05) is 55.0 Å². The molecule has 1 saturated heterocycles. The molecule has 1 fully saturated rings. The number of aliphatic hydroxyl groups is 2. The molecule has 1 unspecified atom stereocenters. The number of nitrogens with zero attached hydrogens (tertiary/aromatic N) is 4. The van der Waals surface area contributed by atoms with Crippen LogP contribution in [-0.4, -0.2) is 68.3 Å². The zero-order chi connectivity index (χ0) is 32.6. The van der Waals surface area contributed by atoms with Crippen molar-refractivity contribution in [3.63, 3.8) is 0 Å². The summed E-state index contributed by atoms with van der Waals surface area (Å²) < 4.78 is 5.57. The van der Waals surface area contributed by atoms with Crippen LogP contribution in [0.5, 0.6) is 5.88 Å². The van der Waals surface area contributed by atoms with Crippen molar-refractivity contribution in [1.82, 2.24) is 19.9 Å². The average molecular weight is 662 g/mol. The Morgan fingerprint density at radius 2 is 1.80 bits per heavy atom. The molecular weight excluding hydrogens is 623 g/mol. The van der Waals surface area contributed by atoms with Gasteiger partial charge < -0.3 is 14.9 Å². The Morgan fingerprint density at radius 1 is 1.09 bits per heavy atom. The number of fused-ring (bicyclic) bond motifs is 1. The van der Waals surface area contributed by atoms with Crippen LogP contribution in [0.3, 0.4) is 0 Å². The summed E-state index contributed by atoms with van der Waals surface area (Å²) in [4.78, 5) is 29.8. The maximum Gasteiger partial charge on any atom is 0.237 e. The molecule has 0 saturated carbocycles. The quantitative estimate of drug-likeness (QED) is 0.191. The molecule has 2 aromatic carbocycles. The van der Waals surface area contributed by atoms with Gasteiger partial charge in [0.2, 0.25) is 5.88 Å². The summed E-state index contributed by atoms with van der Waals surface area (Å²) in [6, 6.07) is 13.2. The van der Waals surface area contributed by atoms with E-state index < -0.39 is 5.60 Å². The number of aromatic nitrogens is 3. The Morgan fingerprint density at radius 3 is 2.52 bits per heavy atom. The molecular formula is C36H38Cl2N4O4. The number of ether oxygens (including phenoxy) is 1. The number of likely N-dealkylation sites (tertiary alicyclic amines) is 1. The number of benzene rings is 2. The highest BCUT2D eigenvalue weighted by molar-refractivity contribution is 6.38. The van der Waals surface area contributed by atoms with E-state index in [1.165, 1.54) is 5.56 Å². The van der Waals surface area contributed by atoms with Gasteiger partial charge in [0.25, 0.3) is 0 Å². The molecule has 240 valence electrons. The number of ketones is 1. The standard InChI is InChI=1S/C36H38Cl2N4O4/c1-21-14-29(40-28-15-22(12-13-43)10-11-24(21)28)32(44)16-23-6-4-7-25(33(23)37)26-8-5-9-27(34(26)38)30-17-39-31(35(41-30)46-3)18-42-19-36(2,45)20-42/h4-9,14,17,22,43,45H,10-13,15-16,18-20H2,1-3H3. The highest BCUT2D eigenvalue weighted by atomic mass is 35.5. The van der Waals surface area contributed by atoms with E-state index in [-0.39, 0.29) is 18.8 Å². The summed E-state index contributed by atoms with van der Waals surface area (Å²) in [7, 11) is 1.56. The van der Waals surface area contributed by atoms with E-state index in [1.54, 1.807) is 13.3 Å². The smallest absolute Gasteiger partial charge is 0.237 e. The molecule has 2 N–H and O–H groups in total. The fourth-order valence-electron chi connectivity index (χ4n) is 6.74. The number of carbonyl (C=O) groups excluding carboxylic acids is 1. The van der Waals surface area contributed by atoms with Crippen molar-refractivity contribution in [2.45, 2.75) is 58.1 Å². The molecule has 1 aliphatic carbocycles. The zero-order valence-corrected chi connectivity index (χ0v) is 27.8. The van der Waals surface area contributed by atoms with Crippen molar-refractivity contribution >= 4 is 29.0 Å². The number of rotatable bonds is 10. The molecule has 3 heterocycles. The first-order valence-electron chi connectivity index (χ1n) is 15.6. The van der Waals surface area contributed by atoms with E-state index in [0.717, 1.165) is 36.9 Å². The van der Waals surface area contributed by atoms with Crippen LogP contribution in [0.15, 0.2) is 48.7 Å². The van der Waals surface area contributed by atoms with Crippen LogP contribution >= 0.6 is 23.2 Å². The average Bonchev–Trinajstić information content (AvgIpc) is 3.01. The Balaban J connectivity index is 1.25. The Hall–Kier alpha value is -3.40. The number of Topliss-reactive ketones (excluding diaryl/α,β-unsaturated/α-hetero) is 1. The topological polar surface area (TPSA) is 109 Å².